The van der Waals surface area contributed by atoms with Gasteiger partial charge in [-0.05, 0) is 37.4 Å². The minimum atomic E-state index is 0.174. The fourth-order valence-corrected chi connectivity index (χ4v) is 2.38. The van der Waals surface area contributed by atoms with E-state index in [0.29, 0.717) is 0 Å². The van der Waals surface area contributed by atoms with Crippen molar-refractivity contribution in [1.29, 1.82) is 0 Å². The SMILES string of the molecule is Cc1ccc(OC(C)CNCc2cccs2)cc1. The van der Waals surface area contributed by atoms with Crippen LogP contribution in [0.25, 0.3) is 0 Å². The summed E-state index contributed by atoms with van der Waals surface area (Å²) in [6, 6.07) is 12.4. The van der Waals surface area contributed by atoms with E-state index in [1.54, 1.807) is 11.3 Å². The van der Waals surface area contributed by atoms with Gasteiger partial charge in [0.25, 0.3) is 0 Å². The Hall–Kier alpha value is -1.32. The maximum absolute atomic E-state index is 5.83. The quantitative estimate of drug-likeness (QED) is 0.857. The lowest BCUT2D eigenvalue weighted by Crippen LogP contribution is -2.28. The van der Waals surface area contributed by atoms with E-state index in [-0.39, 0.29) is 6.10 Å². The highest BCUT2D eigenvalue weighted by molar-refractivity contribution is 7.09. The number of benzene rings is 1. The zero-order valence-electron chi connectivity index (χ0n) is 10.8. The van der Waals surface area contributed by atoms with Crippen LogP contribution in [-0.4, -0.2) is 12.6 Å². The largest absolute Gasteiger partial charge is 0.489 e. The second-order valence-electron chi connectivity index (χ2n) is 4.45. The van der Waals surface area contributed by atoms with Crippen LogP contribution in [0.3, 0.4) is 0 Å². The number of rotatable bonds is 6. The summed E-state index contributed by atoms with van der Waals surface area (Å²) in [5.41, 5.74) is 1.26. The van der Waals surface area contributed by atoms with Crippen molar-refractivity contribution in [2.75, 3.05) is 6.54 Å². The topological polar surface area (TPSA) is 21.3 Å². The summed E-state index contributed by atoms with van der Waals surface area (Å²) < 4.78 is 5.83. The van der Waals surface area contributed by atoms with Crippen molar-refractivity contribution in [2.45, 2.75) is 26.5 Å². The number of ether oxygens (including phenoxy) is 1. The molecule has 2 rings (SSSR count). The molecule has 1 heterocycles. The maximum atomic E-state index is 5.83. The van der Waals surface area contributed by atoms with Crippen LogP contribution < -0.4 is 10.1 Å². The van der Waals surface area contributed by atoms with Crippen molar-refractivity contribution in [2.24, 2.45) is 0 Å². The molecule has 18 heavy (non-hydrogen) atoms. The van der Waals surface area contributed by atoms with Gasteiger partial charge >= 0.3 is 0 Å². The van der Waals surface area contributed by atoms with Gasteiger partial charge in [-0.3, -0.25) is 0 Å². The third kappa shape index (κ3) is 4.17. The smallest absolute Gasteiger partial charge is 0.119 e. The van der Waals surface area contributed by atoms with Gasteiger partial charge in [-0.1, -0.05) is 23.8 Å². The Bertz CT molecular complexity index is 450. The van der Waals surface area contributed by atoms with Gasteiger partial charge in [0.05, 0.1) is 0 Å². The van der Waals surface area contributed by atoms with Gasteiger partial charge in [0, 0.05) is 18.0 Å². The molecule has 0 amide bonds. The van der Waals surface area contributed by atoms with Gasteiger partial charge < -0.3 is 10.1 Å². The van der Waals surface area contributed by atoms with Gasteiger partial charge in [0.2, 0.25) is 0 Å². The van der Waals surface area contributed by atoms with Crippen molar-refractivity contribution in [3.8, 4) is 5.75 Å². The van der Waals surface area contributed by atoms with Gasteiger partial charge in [0.15, 0.2) is 0 Å². The summed E-state index contributed by atoms with van der Waals surface area (Å²) in [7, 11) is 0. The second kappa shape index (κ2) is 6.57. The Balaban J connectivity index is 1.71. The molecule has 0 aliphatic carbocycles. The van der Waals surface area contributed by atoms with Crippen LogP contribution in [0.1, 0.15) is 17.4 Å². The molecule has 1 aromatic heterocycles. The summed E-state index contributed by atoms with van der Waals surface area (Å²) in [4.78, 5) is 1.36. The number of aryl methyl sites for hydroxylation is 1. The van der Waals surface area contributed by atoms with Crippen LogP contribution in [0.4, 0.5) is 0 Å². The Morgan fingerprint density at radius 1 is 1.22 bits per heavy atom. The van der Waals surface area contributed by atoms with Gasteiger partial charge in [-0.15, -0.1) is 11.3 Å². The van der Waals surface area contributed by atoms with Gasteiger partial charge in [-0.2, -0.15) is 0 Å². The maximum Gasteiger partial charge on any atom is 0.119 e. The predicted molar refractivity (Wildman–Crippen MR) is 77.3 cm³/mol. The molecule has 0 aliphatic heterocycles. The monoisotopic (exact) mass is 261 g/mol. The lowest BCUT2D eigenvalue weighted by molar-refractivity contribution is 0.217. The molecule has 0 fully saturated rings. The zero-order chi connectivity index (χ0) is 12.8. The second-order valence-corrected chi connectivity index (χ2v) is 5.48. The average Bonchev–Trinajstić information content (AvgIpc) is 2.85. The molecule has 3 heteroatoms. The van der Waals surface area contributed by atoms with E-state index in [4.69, 9.17) is 4.74 Å². The first-order chi connectivity index (χ1) is 8.74. The molecule has 1 unspecified atom stereocenters. The van der Waals surface area contributed by atoms with E-state index in [1.807, 2.05) is 12.1 Å². The number of hydrogen-bond acceptors (Lipinski definition) is 3. The van der Waals surface area contributed by atoms with Crippen LogP contribution in [-0.2, 0) is 6.54 Å². The summed E-state index contributed by atoms with van der Waals surface area (Å²) >= 11 is 1.78. The molecule has 1 N–H and O–H groups in total. The van der Waals surface area contributed by atoms with Gasteiger partial charge in [-0.25, -0.2) is 0 Å². The van der Waals surface area contributed by atoms with Crippen molar-refractivity contribution >= 4 is 11.3 Å². The Kier molecular flexibility index (Phi) is 4.79. The van der Waals surface area contributed by atoms with Crippen molar-refractivity contribution in [3.63, 3.8) is 0 Å². The molecule has 1 aromatic carbocycles. The third-order valence-corrected chi connectivity index (χ3v) is 3.55. The fraction of sp³-hybridized carbons (Fsp3) is 0.333. The molecule has 0 bridgehead atoms. The number of thiophene rings is 1. The molecule has 96 valence electrons. The molecule has 2 aromatic rings. The van der Waals surface area contributed by atoms with E-state index in [1.165, 1.54) is 10.4 Å². The van der Waals surface area contributed by atoms with E-state index >= 15 is 0 Å². The van der Waals surface area contributed by atoms with Crippen LogP contribution in [0, 0.1) is 6.92 Å². The minimum absolute atomic E-state index is 0.174. The highest BCUT2D eigenvalue weighted by Gasteiger charge is 2.03. The third-order valence-electron chi connectivity index (χ3n) is 2.67. The molecular formula is C15H19NOS. The first-order valence-corrected chi connectivity index (χ1v) is 7.08. The summed E-state index contributed by atoms with van der Waals surface area (Å²) in [5.74, 6) is 0.936. The Morgan fingerprint density at radius 3 is 2.67 bits per heavy atom. The molecule has 0 saturated carbocycles. The Labute approximate surface area is 113 Å². The van der Waals surface area contributed by atoms with Crippen LogP contribution >= 0.6 is 11.3 Å². The van der Waals surface area contributed by atoms with Crippen molar-refractivity contribution in [3.05, 3.63) is 52.2 Å². The van der Waals surface area contributed by atoms with Crippen LogP contribution in [0.2, 0.25) is 0 Å². The predicted octanol–water partition coefficient (Wildman–Crippen LogP) is 3.61. The summed E-state index contributed by atoms with van der Waals surface area (Å²) in [6.07, 6.45) is 0.174. The first-order valence-electron chi connectivity index (χ1n) is 6.20. The number of hydrogen-bond donors (Lipinski definition) is 1. The molecule has 0 aliphatic rings. The molecular weight excluding hydrogens is 242 g/mol. The highest BCUT2D eigenvalue weighted by atomic mass is 32.1. The summed E-state index contributed by atoms with van der Waals surface area (Å²) in [6.45, 7) is 5.93. The number of nitrogens with one attached hydrogen (secondary N) is 1. The molecule has 0 saturated heterocycles. The highest BCUT2D eigenvalue weighted by Crippen LogP contribution is 2.13. The molecule has 1 atom stereocenters. The van der Waals surface area contributed by atoms with Crippen molar-refractivity contribution in [1.82, 2.24) is 5.32 Å². The van der Waals surface area contributed by atoms with Gasteiger partial charge in [0.1, 0.15) is 11.9 Å². The standard InChI is InChI=1S/C15H19NOS/c1-12-5-7-14(8-6-12)17-13(2)10-16-11-15-4-3-9-18-15/h3-9,13,16H,10-11H2,1-2H3. The molecule has 0 radical (unpaired) electrons. The zero-order valence-corrected chi connectivity index (χ0v) is 11.7. The van der Waals surface area contributed by atoms with E-state index in [0.717, 1.165) is 18.8 Å². The van der Waals surface area contributed by atoms with Crippen molar-refractivity contribution < 1.29 is 4.74 Å². The Morgan fingerprint density at radius 2 is 2.00 bits per heavy atom. The van der Waals surface area contributed by atoms with E-state index < -0.39 is 0 Å². The van der Waals surface area contributed by atoms with E-state index in [9.17, 15) is 0 Å². The molecule has 2 nitrogen and oxygen atoms in total. The summed E-state index contributed by atoms with van der Waals surface area (Å²) in [5, 5.41) is 5.51. The minimum Gasteiger partial charge on any atom is -0.489 e. The normalized spacial score (nSPS) is 12.3. The fourth-order valence-electron chi connectivity index (χ4n) is 1.70. The first kappa shape index (κ1) is 13.1. The van der Waals surface area contributed by atoms with E-state index in [2.05, 4.69) is 48.8 Å². The van der Waals surface area contributed by atoms with Crippen LogP contribution in [0.15, 0.2) is 41.8 Å². The average molecular weight is 261 g/mol. The lowest BCUT2D eigenvalue weighted by Gasteiger charge is -2.15. The lowest BCUT2D eigenvalue weighted by atomic mass is 10.2. The molecule has 0 spiro atoms. The van der Waals surface area contributed by atoms with Crippen LogP contribution in [0.5, 0.6) is 5.75 Å².